The van der Waals surface area contributed by atoms with Gasteiger partial charge in [0.05, 0.1) is 11.8 Å². The van der Waals surface area contributed by atoms with Crippen LogP contribution in [0.1, 0.15) is 27.7 Å². The summed E-state index contributed by atoms with van der Waals surface area (Å²) in [6.45, 7) is 8.05. The van der Waals surface area contributed by atoms with E-state index < -0.39 is 0 Å². The standard InChI is InChI=1S/2C6H11NO/c2*1-4-5(2)7(3)6(4)8/h2*4-5H,1-3H3/t2*4-,5+/m10/s1. The summed E-state index contributed by atoms with van der Waals surface area (Å²) in [4.78, 5) is 24.9. The van der Waals surface area contributed by atoms with Gasteiger partial charge in [0.2, 0.25) is 11.8 Å². The molecule has 0 spiro atoms. The van der Waals surface area contributed by atoms with Crippen molar-refractivity contribution in [2.75, 3.05) is 14.1 Å². The van der Waals surface area contributed by atoms with E-state index in [-0.39, 0.29) is 23.7 Å². The minimum Gasteiger partial charge on any atom is -0.342 e. The van der Waals surface area contributed by atoms with Crippen molar-refractivity contribution in [1.82, 2.24) is 9.80 Å². The summed E-state index contributed by atoms with van der Waals surface area (Å²) in [6.07, 6.45) is 0. The third-order valence-corrected chi connectivity index (χ3v) is 4.14. The van der Waals surface area contributed by atoms with Gasteiger partial charge in [0.1, 0.15) is 0 Å². The molecule has 2 aliphatic heterocycles. The topological polar surface area (TPSA) is 40.6 Å². The van der Waals surface area contributed by atoms with Crippen molar-refractivity contribution < 1.29 is 9.59 Å². The second kappa shape index (κ2) is 4.44. The number of carbonyl (C=O) groups is 2. The molecule has 16 heavy (non-hydrogen) atoms. The molecular formula is C12H22N2O2. The molecule has 92 valence electrons. The minimum atomic E-state index is 0.264. The number of carbonyl (C=O) groups excluding carboxylic acids is 2. The van der Waals surface area contributed by atoms with Gasteiger partial charge in [0, 0.05) is 26.2 Å². The molecule has 4 atom stereocenters. The van der Waals surface area contributed by atoms with Crippen LogP contribution >= 0.6 is 0 Å². The number of hydrogen-bond donors (Lipinski definition) is 0. The van der Waals surface area contributed by atoms with Crippen LogP contribution in [0.3, 0.4) is 0 Å². The van der Waals surface area contributed by atoms with Gasteiger partial charge in [0.15, 0.2) is 0 Å². The quantitative estimate of drug-likeness (QED) is 0.577. The third kappa shape index (κ3) is 1.93. The van der Waals surface area contributed by atoms with Crippen LogP contribution in [0.5, 0.6) is 0 Å². The SMILES string of the molecule is C[C@@H]1C(=O)N(C)[C@@H]1C.C[C@H]1C(=O)N(C)[C@H]1C. The first-order valence-corrected chi connectivity index (χ1v) is 5.82. The zero-order valence-electron chi connectivity index (χ0n) is 11.0. The molecule has 0 N–H and O–H groups in total. The Bertz CT molecular complexity index is 249. The van der Waals surface area contributed by atoms with Crippen LogP contribution in [0.4, 0.5) is 0 Å². The van der Waals surface area contributed by atoms with Crippen molar-refractivity contribution in [2.45, 2.75) is 39.8 Å². The van der Waals surface area contributed by atoms with E-state index in [1.54, 1.807) is 9.80 Å². The molecule has 2 amide bonds. The average molecular weight is 226 g/mol. The largest absolute Gasteiger partial charge is 0.342 e. The second-order valence-corrected chi connectivity index (χ2v) is 4.96. The Labute approximate surface area is 97.6 Å². The minimum absolute atomic E-state index is 0.264. The summed E-state index contributed by atoms with van der Waals surface area (Å²) in [5, 5.41) is 0. The van der Waals surface area contributed by atoms with Crippen LogP contribution in [-0.2, 0) is 9.59 Å². The fourth-order valence-corrected chi connectivity index (χ4v) is 1.96. The summed E-state index contributed by atoms with van der Waals surface area (Å²) < 4.78 is 0. The summed E-state index contributed by atoms with van der Waals surface area (Å²) in [7, 11) is 3.68. The molecule has 0 aliphatic carbocycles. The van der Waals surface area contributed by atoms with Crippen LogP contribution in [0.15, 0.2) is 0 Å². The number of likely N-dealkylation sites (tertiary alicyclic amines) is 2. The monoisotopic (exact) mass is 226 g/mol. The number of hydrogen-bond acceptors (Lipinski definition) is 2. The highest BCUT2D eigenvalue weighted by atomic mass is 16.2. The van der Waals surface area contributed by atoms with E-state index in [9.17, 15) is 9.59 Å². The molecule has 2 aliphatic rings. The Morgan fingerprint density at radius 2 is 1.00 bits per heavy atom. The van der Waals surface area contributed by atoms with E-state index in [1.165, 1.54) is 0 Å². The highest BCUT2D eigenvalue weighted by Gasteiger charge is 2.38. The predicted octanol–water partition coefficient (Wildman–Crippen LogP) is 0.966. The summed E-state index contributed by atoms with van der Waals surface area (Å²) in [5.41, 5.74) is 0. The van der Waals surface area contributed by atoms with E-state index in [4.69, 9.17) is 0 Å². The maximum absolute atomic E-state index is 10.7. The fraction of sp³-hybridized carbons (Fsp3) is 0.833. The molecule has 0 aromatic rings. The Hall–Kier alpha value is -1.06. The summed E-state index contributed by atoms with van der Waals surface area (Å²) in [6, 6.07) is 0.921. The van der Waals surface area contributed by atoms with E-state index in [1.807, 2.05) is 27.9 Å². The molecule has 2 heterocycles. The molecule has 2 rings (SSSR count). The number of β-lactam (4-membered cyclic amide) rings is 2. The van der Waals surface area contributed by atoms with Crippen molar-refractivity contribution in [3.05, 3.63) is 0 Å². The van der Waals surface area contributed by atoms with Gasteiger partial charge in [-0.2, -0.15) is 0 Å². The lowest BCUT2D eigenvalue weighted by Crippen LogP contribution is -2.55. The lowest BCUT2D eigenvalue weighted by molar-refractivity contribution is -0.151. The Balaban J connectivity index is 0.000000160. The smallest absolute Gasteiger partial charge is 0.227 e. The zero-order valence-corrected chi connectivity index (χ0v) is 11.0. The molecule has 0 radical (unpaired) electrons. The number of rotatable bonds is 0. The Kier molecular flexibility index (Phi) is 3.61. The van der Waals surface area contributed by atoms with Crippen molar-refractivity contribution >= 4 is 11.8 Å². The zero-order chi connectivity index (χ0) is 12.6. The first kappa shape index (κ1) is 13.0. The molecule has 0 aromatic carbocycles. The van der Waals surface area contributed by atoms with Crippen LogP contribution < -0.4 is 0 Å². The van der Waals surface area contributed by atoms with Crippen molar-refractivity contribution in [2.24, 2.45) is 11.8 Å². The third-order valence-electron chi connectivity index (χ3n) is 4.14. The summed E-state index contributed by atoms with van der Waals surface area (Å²) in [5.74, 6) is 1.08. The van der Waals surface area contributed by atoms with Crippen LogP contribution in [0, 0.1) is 11.8 Å². The van der Waals surface area contributed by atoms with Crippen LogP contribution in [-0.4, -0.2) is 47.8 Å². The van der Waals surface area contributed by atoms with E-state index in [0.29, 0.717) is 12.1 Å². The summed E-state index contributed by atoms with van der Waals surface area (Å²) >= 11 is 0. The van der Waals surface area contributed by atoms with Crippen molar-refractivity contribution in [1.29, 1.82) is 0 Å². The van der Waals surface area contributed by atoms with Crippen molar-refractivity contribution in [3.63, 3.8) is 0 Å². The fourth-order valence-electron chi connectivity index (χ4n) is 1.96. The molecule has 0 unspecified atom stereocenters. The highest BCUT2D eigenvalue weighted by Crippen LogP contribution is 2.23. The normalized spacial score (nSPS) is 37.4. The van der Waals surface area contributed by atoms with Gasteiger partial charge in [0.25, 0.3) is 0 Å². The number of amides is 2. The molecule has 2 saturated heterocycles. The van der Waals surface area contributed by atoms with Gasteiger partial charge >= 0.3 is 0 Å². The van der Waals surface area contributed by atoms with E-state index >= 15 is 0 Å². The Morgan fingerprint density at radius 1 is 0.750 bits per heavy atom. The average Bonchev–Trinajstić information content (AvgIpc) is 2.34. The van der Waals surface area contributed by atoms with Crippen LogP contribution in [0.2, 0.25) is 0 Å². The maximum atomic E-state index is 10.7. The highest BCUT2D eigenvalue weighted by molar-refractivity contribution is 5.85. The van der Waals surface area contributed by atoms with Crippen molar-refractivity contribution in [3.8, 4) is 0 Å². The first-order chi connectivity index (χ1) is 7.29. The molecule has 2 fully saturated rings. The van der Waals surface area contributed by atoms with Gasteiger partial charge in [-0.3, -0.25) is 9.59 Å². The van der Waals surface area contributed by atoms with Gasteiger partial charge < -0.3 is 9.80 Å². The van der Waals surface area contributed by atoms with Crippen LogP contribution in [0.25, 0.3) is 0 Å². The first-order valence-electron chi connectivity index (χ1n) is 5.82. The predicted molar refractivity (Wildman–Crippen MR) is 62.8 cm³/mol. The Morgan fingerprint density at radius 3 is 1.06 bits per heavy atom. The molecule has 4 heteroatoms. The van der Waals surface area contributed by atoms with E-state index in [2.05, 4.69) is 13.8 Å². The maximum Gasteiger partial charge on any atom is 0.227 e. The van der Waals surface area contributed by atoms with Gasteiger partial charge in [-0.15, -0.1) is 0 Å². The van der Waals surface area contributed by atoms with E-state index in [0.717, 1.165) is 0 Å². The second-order valence-electron chi connectivity index (χ2n) is 4.96. The van der Waals surface area contributed by atoms with Gasteiger partial charge in [-0.1, -0.05) is 13.8 Å². The molecule has 4 nitrogen and oxygen atoms in total. The van der Waals surface area contributed by atoms with Gasteiger partial charge in [-0.25, -0.2) is 0 Å². The van der Waals surface area contributed by atoms with Gasteiger partial charge in [-0.05, 0) is 13.8 Å². The lowest BCUT2D eigenvalue weighted by atomic mass is 9.92. The molecular weight excluding hydrogens is 204 g/mol. The molecule has 0 bridgehead atoms. The lowest BCUT2D eigenvalue weighted by Gasteiger charge is -2.40. The molecule has 0 aromatic heterocycles. The number of nitrogens with zero attached hydrogens (tertiary/aromatic N) is 2. The molecule has 0 saturated carbocycles.